The molecule has 1 heterocycles. The molecule has 25 heavy (non-hydrogen) atoms. The van der Waals surface area contributed by atoms with Crippen molar-refractivity contribution in [1.29, 1.82) is 0 Å². The van der Waals surface area contributed by atoms with Gasteiger partial charge in [-0.15, -0.1) is 0 Å². The fraction of sp³-hybridized carbons (Fsp3) is 0.200. The van der Waals surface area contributed by atoms with Gasteiger partial charge in [0.15, 0.2) is 0 Å². The summed E-state index contributed by atoms with van der Waals surface area (Å²) in [5.41, 5.74) is 9.11. The predicted octanol–water partition coefficient (Wildman–Crippen LogP) is 3.08. The number of carbonyl (C=O) groups excluding carboxylic acids is 1. The highest BCUT2D eigenvalue weighted by atomic mass is 16.4. The highest BCUT2D eigenvalue weighted by Gasteiger charge is 2.17. The van der Waals surface area contributed by atoms with Gasteiger partial charge in [-0.25, -0.2) is 4.79 Å². The Balaban J connectivity index is 2.18. The Kier molecular flexibility index (Phi) is 4.31. The molecule has 0 fully saturated rings. The minimum absolute atomic E-state index is 0.409. The Hall–Kier alpha value is -3.08. The summed E-state index contributed by atoms with van der Waals surface area (Å²) in [6.45, 7) is 3.74. The first-order valence-electron chi connectivity index (χ1n) is 8.04. The maximum absolute atomic E-state index is 12.1. The summed E-state index contributed by atoms with van der Waals surface area (Å²) in [4.78, 5) is 25.2. The first kappa shape index (κ1) is 16.8. The summed E-state index contributed by atoms with van der Waals surface area (Å²) in [5, 5.41) is 0.845. The Labute approximate surface area is 145 Å². The van der Waals surface area contributed by atoms with Crippen molar-refractivity contribution in [1.82, 2.24) is 0 Å². The van der Waals surface area contributed by atoms with E-state index in [4.69, 9.17) is 10.2 Å². The second-order valence-corrected chi connectivity index (χ2v) is 6.16. The average molecular weight is 336 g/mol. The van der Waals surface area contributed by atoms with Crippen LogP contribution in [0.3, 0.4) is 0 Å². The van der Waals surface area contributed by atoms with E-state index < -0.39 is 17.6 Å². The zero-order chi connectivity index (χ0) is 18.1. The lowest BCUT2D eigenvalue weighted by atomic mass is 9.98. The highest BCUT2D eigenvalue weighted by Crippen LogP contribution is 2.31. The second-order valence-electron chi connectivity index (χ2n) is 6.16. The van der Waals surface area contributed by atoms with E-state index in [0.29, 0.717) is 5.58 Å². The van der Waals surface area contributed by atoms with Crippen LogP contribution < -0.4 is 16.3 Å². The van der Waals surface area contributed by atoms with Gasteiger partial charge in [0, 0.05) is 35.8 Å². The number of carbonyl (C=O) groups is 1. The number of likely N-dealkylation sites (N-methyl/N-ethyl adjacent to an activating group) is 1. The molecule has 2 N–H and O–H groups in total. The number of primary amides is 1. The molecule has 0 aliphatic heterocycles. The Morgan fingerprint density at radius 1 is 1.12 bits per heavy atom. The molecule has 1 aromatic heterocycles. The van der Waals surface area contributed by atoms with E-state index in [-0.39, 0.29) is 0 Å². The van der Waals surface area contributed by atoms with Crippen LogP contribution in [0.1, 0.15) is 12.5 Å². The number of anilines is 1. The minimum atomic E-state index is -0.469. The fourth-order valence-corrected chi connectivity index (χ4v) is 2.88. The van der Waals surface area contributed by atoms with Crippen molar-refractivity contribution in [2.45, 2.75) is 19.9 Å². The molecule has 0 saturated carbocycles. The molecule has 0 radical (unpaired) electrons. The molecule has 3 rings (SSSR count). The maximum Gasteiger partial charge on any atom is 0.336 e. The summed E-state index contributed by atoms with van der Waals surface area (Å²) in [6, 6.07) is 14.5. The first-order chi connectivity index (χ1) is 11.9. The predicted molar refractivity (Wildman–Crippen MR) is 99.7 cm³/mol. The molecule has 128 valence electrons. The third-order valence-corrected chi connectivity index (χ3v) is 4.56. The van der Waals surface area contributed by atoms with E-state index >= 15 is 0 Å². The van der Waals surface area contributed by atoms with Crippen LogP contribution in [0.25, 0.3) is 22.1 Å². The molecule has 1 atom stereocenters. The lowest BCUT2D eigenvalue weighted by Gasteiger charge is -2.24. The van der Waals surface area contributed by atoms with E-state index in [0.717, 1.165) is 27.8 Å². The first-order valence-corrected chi connectivity index (χ1v) is 8.04. The SMILES string of the molecule is Cc1ccccc1-c1cc(=O)oc2cc(N(C)[C@H](C)C(N)=O)ccc12. The zero-order valence-corrected chi connectivity index (χ0v) is 14.4. The zero-order valence-electron chi connectivity index (χ0n) is 14.4. The lowest BCUT2D eigenvalue weighted by molar-refractivity contribution is -0.118. The lowest BCUT2D eigenvalue weighted by Crippen LogP contribution is -2.40. The number of aryl methyl sites for hydroxylation is 1. The molecular weight excluding hydrogens is 316 g/mol. The van der Waals surface area contributed by atoms with E-state index in [2.05, 4.69) is 0 Å². The second kappa shape index (κ2) is 6.43. The van der Waals surface area contributed by atoms with Gasteiger partial charge in [0.25, 0.3) is 0 Å². The summed E-state index contributed by atoms with van der Waals surface area (Å²) in [5.74, 6) is -0.419. The summed E-state index contributed by atoms with van der Waals surface area (Å²) < 4.78 is 5.40. The van der Waals surface area contributed by atoms with E-state index in [1.54, 1.807) is 24.9 Å². The molecule has 0 spiro atoms. The average Bonchev–Trinajstić information content (AvgIpc) is 2.59. The van der Waals surface area contributed by atoms with Crippen LogP contribution >= 0.6 is 0 Å². The third-order valence-electron chi connectivity index (χ3n) is 4.56. The van der Waals surface area contributed by atoms with Crippen molar-refractivity contribution in [2.75, 3.05) is 11.9 Å². The molecule has 1 amide bonds. The van der Waals surface area contributed by atoms with Crippen molar-refractivity contribution >= 4 is 22.6 Å². The van der Waals surface area contributed by atoms with Crippen LogP contribution in [0, 0.1) is 6.92 Å². The van der Waals surface area contributed by atoms with Crippen molar-refractivity contribution in [3.63, 3.8) is 0 Å². The smallest absolute Gasteiger partial charge is 0.336 e. The van der Waals surface area contributed by atoms with Gasteiger partial charge in [0.2, 0.25) is 5.91 Å². The molecule has 0 aliphatic carbocycles. The van der Waals surface area contributed by atoms with Crippen molar-refractivity contribution in [3.05, 3.63) is 64.5 Å². The normalized spacial score (nSPS) is 12.1. The van der Waals surface area contributed by atoms with Gasteiger partial charge < -0.3 is 15.1 Å². The third kappa shape index (κ3) is 3.13. The number of amides is 1. The van der Waals surface area contributed by atoms with Gasteiger partial charge in [-0.3, -0.25) is 4.79 Å². The van der Waals surface area contributed by atoms with E-state index in [1.165, 1.54) is 6.07 Å². The summed E-state index contributed by atoms with van der Waals surface area (Å²) >= 11 is 0. The van der Waals surface area contributed by atoms with Gasteiger partial charge in [-0.1, -0.05) is 24.3 Å². The Morgan fingerprint density at radius 3 is 2.52 bits per heavy atom. The standard InChI is InChI=1S/C20H20N2O3/c1-12-6-4-5-7-15(12)17-11-19(23)25-18-10-14(8-9-16(17)18)22(3)13(2)20(21)24/h4-11,13H,1-3H3,(H2,21,24)/t13-/m1/s1. The van der Waals surface area contributed by atoms with Gasteiger partial charge in [0.05, 0.1) is 0 Å². The van der Waals surface area contributed by atoms with E-state index in [9.17, 15) is 9.59 Å². The van der Waals surface area contributed by atoms with Crippen LogP contribution in [0.15, 0.2) is 57.7 Å². The quantitative estimate of drug-likeness (QED) is 0.743. The number of nitrogens with zero attached hydrogens (tertiary/aromatic N) is 1. The van der Waals surface area contributed by atoms with Crippen molar-refractivity contribution in [2.24, 2.45) is 5.73 Å². The van der Waals surface area contributed by atoms with Gasteiger partial charge in [0.1, 0.15) is 11.6 Å². The van der Waals surface area contributed by atoms with E-state index in [1.807, 2.05) is 43.3 Å². The largest absolute Gasteiger partial charge is 0.423 e. The van der Waals surface area contributed by atoms with Crippen molar-refractivity contribution < 1.29 is 9.21 Å². The Morgan fingerprint density at radius 2 is 1.84 bits per heavy atom. The van der Waals surface area contributed by atoms with Gasteiger partial charge in [-0.2, -0.15) is 0 Å². The summed E-state index contributed by atoms with van der Waals surface area (Å²) in [6.07, 6.45) is 0. The highest BCUT2D eigenvalue weighted by molar-refractivity contribution is 5.95. The monoisotopic (exact) mass is 336 g/mol. The Bertz CT molecular complexity index is 1010. The molecule has 0 unspecified atom stereocenters. The number of benzene rings is 2. The number of nitrogens with two attached hydrogens (primary N) is 1. The van der Waals surface area contributed by atoms with Crippen LogP contribution in [-0.2, 0) is 4.79 Å². The van der Waals surface area contributed by atoms with Gasteiger partial charge >= 0.3 is 5.63 Å². The molecule has 0 bridgehead atoms. The molecular formula is C20H20N2O3. The van der Waals surface area contributed by atoms with Gasteiger partial charge in [-0.05, 0) is 37.1 Å². The maximum atomic E-state index is 12.1. The topological polar surface area (TPSA) is 76.5 Å². The summed E-state index contributed by atoms with van der Waals surface area (Å²) in [7, 11) is 1.78. The number of hydrogen-bond acceptors (Lipinski definition) is 4. The molecule has 0 aliphatic rings. The minimum Gasteiger partial charge on any atom is -0.423 e. The molecule has 2 aromatic carbocycles. The van der Waals surface area contributed by atoms with Crippen LogP contribution in [0.2, 0.25) is 0 Å². The molecule has 0 saturated heterocycles. The number of fused-ring (bicyclic) bond motifs is 1. The van der Waals surface area contributed by atoms with Crippen LogP contribution in [0.4, 0.5) is 5.69 Å². The molecule has 5 heteroatoms. The fourth-order valence-electron chi connectivity index (χ4n) is 2.88. The van der Waals surface area contributed by atoms with Crippen LogP contribution in [-0.4, -0.2) is 19.0 Å². The number of rotatable bonds is 4. The van der Waals surface area contributed by atoms with Crippen molar-refractivity contribution in [3.8, 4) is 11.1 Å². The molecule has 3 aromatic rings. The number of hydrogen-bond donors (Lipinski definition) is 1. The molecule has 5 nitrogen and oxygen atoms in total. The van der Waals surface area contributed by atoms with Crippen LogP contribution in [0.5, 0.6) is 0 Å².